The summed E-state index contributed by atoms with van der Waals surface area (Å²) in [5, 5.41) is 40.9. The van der Waals surface area contributed by atoms with Gasteiger partial charge in [0.2, 0.25) is 0 Å². The zero-order valence-corrected chi connectivity index (χ0v) is 65.9. The van der Waals surface area contributed by atoms with Crippen molar-refractivity contribution in [3.8, 4) is 68.7 Å². The molecule has 0 radical (unpaired) electrons. The van der Waals surface area contributed by atoms with Crippen molar-refractivity contribution in [1.82, 2.24) is 74.7 Å². The molecule has 3 unspecified atom stereocenters. The highest BCUT2D eigenvalue weighted by Crippen LogP contribution is 2.57. The molecule has 9 heterocycles. The van der Waals surface area contributed by atoms with Gasteiger partial charge in [0.15, 0.2) is 69.2 Å². The number of halogens is 15. The van der Waals surface area contributed by atoms with Crippen LogP contribution in [0.1, 0.15) is 48.6 Å². The van der Waals surface area contributed by atoms with Gasteiger partial charge < -0.3 is 44.4 Å². The predicted molar refractivity (Wildman–Crippen MR) is 408 cm³/mol. The smallest absolute Gasteiger partial charge is 0.379 e. The number of aromatic nitrogens is 15. The molecule has 0 saturated carbocycles. The van der Waals surface area contributed by atoms with Crippen LogP contribution in [0.4, 0.5) is 83.3 Å². The Balaban J connectivity index is 0.000000174. The maximum atomic E-state index is 15.0. The standard InChI is InChI=1S/C35H30F5N6O5P.C21H18F5N6O5P.C21H17F5N6O2/c1-34(35(38,39)40,51-52(47,49-21-24-10-4-2-5-11-24)50-22-25-12-6-3-7-13-25)23-42-32-28(37)19-41-33(43-32)30-18-31(29-16-17-48-45-29)46(44-30)20-26-14-8-9-15-27(26)36;1-20(21(24,25)26,37-38(33,34)35)11-28-18-14(23)9-27-19(29-18)16-8-17(15-6-7-36-31-15)32(30-16)10-12-4-2-3-5-13(12)22;1-20(33,21(24,25)26)11-28-18-14(23)9-27-19(29-18)16-8-17(15-6-7-34-31-15)32(30-16)10-12-4-2-3-5-13(12)22/h2-19H,20-23H2,1H3,(H,41,42,43);2-9H,10-11H2,1H3,(H,27,28,29)(H2,33,34,35);2-9,33H,10-11H2,1H3,(H,27,28,29). The van der Waals surface area contributed by atoms with E-state index in [4.69, 9.17) is 36.9 Å². The van der Waals surface area contributed by atoms with E-state index in [0.29, 0.717) is 83.4 Å². The molecule has 5 aromatic carbocycles. The van der Waals surface area contributed by atoms with Gasteiger partial charge in [0, 0.05) is 34.9 Å². The van der Waals surface area contributed by atoms with Crippen molar-refractivity contribution in [3.05, 3.63) is 270 Å². The number of hydrogen-bond acceptors (Lipinski definition) is 25. The van der Waals surface area contributed by atoms with Crippen LogP contribution in [0, 0.1) is 34.9 Å². The van der Waals surface area contributed by atoms with Crippen molar-refractivity contribution in [2.75, 3.05) is 35.6 Å². The number of phosphoric ester groups is 2. The molecule has 650 valence electrons. The Morgan fingerprint density at radius 2 is 0.702 bits per heavy atom. The SMILES string of the molecule is CC(CNc1nc(-c2cc(-c3ccon3)n(Cc3ccccc3F)n2)ncc1F)(OP(=O)(O)O)C(F)(F)F.CC(CNc1nc(-c2cc(-c3ccon3)n(Cc3ccccc3F)n2)ncc1F)(OP(=O)(OCc1ccccc1)OCc1ccccc1)C(F)(F)F.CC(O)(CNc1nc(-c2cc(-c3ccon3)n(Cc3ccccc3F)n2)ncc1F)C(F)(F)F. The molecule has 30 nitrogen and oxygen atoms in total. The third-order valence-electron chi connectivity index (χ3n) is 17.9. The van der Waals surface area contributed by atoms with Crippen LogP contribution in [0.5, 0.6) is 0 Å². The average Bonchev–Trinajstić information content (AvgIpc) is 1.07. The van der Waals surface area contributed by atoms with E-state index in [2.05, 4.69) is 81.1 Å². The topological polar surface area (TPSA) is 377 Å². The van der Waals surface area contributed by atoms with Crippen molar-refractivity contribution >= 4 is 33.1 Å². The van der Waals surface area contributed by atoms with Gasteiger partial charge in [-0.15, -0.1) is 0 Å². The van der Waals surface area contributed by atoms with Crippen molar-refractivity contribution < 1.29 is 122 Å². The van der Waals surface area contributed by atoms with E-state index in [0.717, 1.165) is 12.4 Å². The molecule has 0 amide bonds. The molecule has 47 heteroatoms. The molecule has 0 aliphatic carbocycles. The molecule has 0 saturated heterocycles. The first kappa shape index (κ1) is 90.4. The summed E-state index contributed by atoms with van der Waals surface area (Å²) < 4.78 is 274. The maximum absolute atomic E-state index is 15.0. The van der Waals surface area contributed by atoms with Crippen molar-refractivity contribution in [2.45, 2.75) is 89.0 Å². The Morgan fingerprint density at radius 3 is 0.992 bits per heavy atom. The first-order valence-corrected chi connectivity index (χ1v) is 39.0. The molecular weight excluding hydrogens is 1720 g/mol. The summed E-state index contributed by atoms with van der Waals surface area (Å²) >= 11 is 0. The molecule has 3 atom stereocenters. The number of rotatable bonds is 31. The molecule has 6 N–H and O–H groups in total. The van der Waals surface area contributed by atoms with E-state index in [-0.39, 0.29) is 59.8 Å². The summed E-state index contributed by atoms with van der Waals surface area (Å²) in [6.07, 6.45) is -9.23. The third kappa shape index (κ3) is 22.7. The fourth-order valence-electron chi connectivity index (χ4n) is 11.1. The van der Waals surface area contributed by atoms with Gasteiger partial charge in [-0.25, -0.2) is 65.4 Å². The number of alkyl halides is 9. The van der Waals surface area contributed by atoms with E-state index < -0.39 is 136 Å². The first-order valence-electron chi connectivity index (χ1n) is 36.0. The number of anilines is 3. The lowest BCUT2D eigenvalue weighted by Crippen LogP contribution is -2.50. The van der Waals surface area contributed by atoms with Crippen LogP contribution in [0.2, 0.25) is 0 Å². The van der Waals surface area contributed by atoms with Crippen LogP contribution >= 0.6 is 15.6 Å². The van der Waals surface area contributed by atoms with Crippen LogP contribution in [-0.2, 0) is 60.1 Å². The summed E-state index contributed by atoms with van der Waals surface area (Å²) in [5.74, 6) is -7.14. The second-order valence-electron chi connectivity index (χ2n) is 27.2. The number of nitrogens with zero attached hydrogens (tertiary/aromatic N) is 15. The van der Waals surface area contributed by atoms with E-state index in [1.165, 1.54) is 93.5 Å². The fraction of sp³-hybridized carbons (Fsp3) is 0.221. The fourth-order valence-corrected chi connectivity index (χ4v) is 13.2. The minimum absolute atomic E-state index is 0.00954. The Bertz CT molecular complexity index is 5990. The normalized spacial score (nSPS) is 13.5. The Kier molecular flexibility index (Phi) is 27.6. The lowest BCUT2D eigenvalue weighted by molar-refractivity contribution is -0.246. The summed E-state index contributed by atoms with van der Waals surface area (Å²) in [4.78, 5) is 41.4. The molecule has 0 aliphatic heterocycles. The van der Waals surface area contributed by atoms with E-state index in [1.807, 2.05) is 0 Å². The largest absolute Gasteiger partial charge is 0.476 e. The van der Waals surface area contributed by atoms with Gasteiger partial charge in [0.1, 0.15) is 70.4 Å². The molecule has 14 aromatic rings. The van der Waals surface area contributed by atoms with Crippen molar-refractivity contribution in [3.63, 3.8) is 0 Å². The van der Waals surface area contributed by atoms with E-state index in [1.54, 1.807) is 109 Å². The van der Waals surface area contributed by atoms with Gasteiger partial charge in [-0.1, -0.05) is 131 Å². The molecule has 0 fully saturated rings. The Hall–Kier alpha value is -12.9. The first-order chi connectivity index (χ1) is 58.7. The summed E-state index contributed by atoms with van der Waals surface area (Å²) in [6.45, 7) is -2.83. The lowest BCUT2D eigenvalue weighted by Gasteiger charge is -2.34. The lowest BCUT2D eigenvalue weighted by atomic mass is 10.1. The van der Waals surface area contributed by atoms with Crippen LogP contribution < -0.4 is 16.0 Å². The van der Waals surface area contributed by atoms with Crippen LogP contribution in [0.3, 0.4) is 0 Å². The van der Waals surface area contributed by atoms with Gasteiger partial charge in [-0.05, 0) is 68.3 Å². The van der Waals surface area contributed by atoms with Crippen LogP contribution in [-0.4, -0.2) is 145 Å². The second-order valence-corrected chi connectivity index (χ2v) is 30.0. The molecule has 9 aromatic heterocycles. The number of benzene rings is 5. The molecule has 124 heavy (non-hydrogen) atoms. The number of aliphatic hydroxyl groups is 1. The summed E-state index contributed by atoms with van der Waals surface area (Å²) in [7, 11) is -10.5. The minimum Gasteiger partial charge on any atom is -0.379 e. The maximum Gasteiger partial charge on any atom is 0.476 e. The molecule has 0 spiro atoms. The quantitative estimate of drug-likeness (QED) is 0.0174. The van der Waals surface area contributed by atoms with Crippen molar-refractivity contribution in [1.29, 1.82) is 0 Å². The second kappa shape index (κ2) is 37.9. The van der Waals surface area contributed by atoms with E-state index in [9.17, 15) is 75.7 Å². The zero-order valence-electron chi connectivity index (χ0n) is 64.1. The summed E-state index contributed by atoms with van der Waals surface area (Å²) in [5.41, 5.74) is -5.48. The monoisotopic (exact) mass is 1780 g/mol. The molecule has 0 bridgehead atoms. The Morgan fingerprint density at radius 1 is 0.395 bits per heavy atom. The van der Waals surface area contributed by atoms with Gasteiger partial charge in [-0.3, -0.25) is 32.1 Å². The number of nitrogens with one attached hydrogen (secondary N) is 3. The highest BCUT2D eigenvalue weighted by molar-refractivity contribution is 7.48. The zero-order chi connectivity index (χ0) is 89.0. The van der Waals surface area contributed by atoms with Gasteiger partial charge in [-0.2, -0.15) is 54.8 Å². The highest BCUT2D eigenvalue weighted by atomic mass is 31.2. The number of phosphoric acid groups is 2. The third-order valence-corrected chi connectivity index (χ3v) is 20.0. The molecular formula is C77H65F15N18O12P2. The van der Waals surface area contributed by atoms with Crippen LogP contribution in [0.15, 0.2) is 221 Å². The van der Waals surface area contributed by atoms with Gasteiger partial charge in [0.05, 0.1) is 88.2 Å². The van der Waals surface area contributed by atoms with Crippen molar-refractivity contribution in [2.24, 2.45) is 0 Å². The van der Waals surface area contributed by atoms with E-state index >= 15 is 4.39 Å². The highest BCUT2D eigenvalue weighted by Gasteiger charge is 2.58. The Labute approximate surface area is 689 Å². The molecule has 0 aliphatic rings. The summed E-state index contributed by atoms with van der Waals surface area (Å²) in [6, 6.07) is 43.7. The van der Waals surface area contributed by atoms with Crippen LogP contribution in [0.25, 0.3) is 68.7 Å². The number of hydrogen-bond donors (Lipinski definition) is 6. The molecule has 14 rings (SSSR count). The van der Waals surface area contributed by atoms with Gasteiger partial charge >= 0.3 is 34.2 Å². The van der Waals surface area contributed by atoms with Gasteiger partial charge in [0.25, 0.3) is 0 Å². The predicted octanol–water partition coefficient (Wildman–Crippen LogP) is 16.8. The average molecular weight is 1780 g/mol. The minimum atomic E-state index is -5.57.